The lowest BCUT2D eigenvalue weighted by atomic mass is 10.0. The highest BCUT2D eigenvalue weighted by Crippen LogP contribution is 2.13. The van der Waals surface area contributed by atoms with E-state index in [1.54, 1.807) is 0 Å². The molecule has 0 radical (unpaired) electrons. The molecule has 0 aromatic heterocycles. The van der Waals surface area contributed by atoms with E-state index in [2.05, 4.69) is 5.32 Å². The van der Waals surface area contributed by atoms with Gasteiger partial charge in [0.05, 0.1) is 0 Å². The Morgan fingerprint density at radius 2 is 2.13 bits per heavy atom. The third kappa shape index (κ3) is 2.68. The third-order valence-electron chi connectivity index (χ3n) is 2.11. The first-order chi connectivity index (χ1) is 6.91. The summed E-state index contributed by atoms with van der Waals surface area (Å²) in [7, 11) is 0. The predicted molar refractivity (Wildman–Crippen MR) is 51.1 cm³/mol. The number of hydrogen-bond donors (Lipinski definition) is 2. The molecule has 84 valence electrons. The van der Waals surface area contributed by atoms with Crippen LogP contribution in [0.4, 0.5) is 4.79 Å². The standard InChI is InChI=1S/C9H14N2O4/c1-5(2)3-6-8(14)11(4-7(12)13)9(15)10-6/h5-6H,3-4H2,1-2H3,(H,10,15)(H,12,13)/t6-/m0/s1. The van der Waals surface area contributed by atoms with Crippen LogP contribution in [0.2, 0.25) is 0 Å². The van der Waals surface area contributed by atoms with E-state index in [9.17, 15) is 14.4 Å². The highest BCUT2D eigenvalue weighted by Gasteiger charge is 2.38. The van der Waals surface area contributed by atoms with E-state index in [1.807, 2.05) is 13.8 Å². The minimum absolute atomic E-state index is 0.268. The summed E-state index contributed by atoms with van der Waals surface area (Å²) in [6.07, 6.45) is 0.528. The molecule has 1 fully saturated rings. The van der Waals surface area contributed by atoms with Crippen molar-refractivity contribution in [3.63, 3.8) is 0 Å². The lowest BCUT2D eigenvalue weighted by Crippen LogP contribution is -2.36. The average molecular weight is 214 g/mol. The largest absolute Gasteiger partial charge is 0.480 e. The van der Waals surface area contributed by atoms with Crippen LogP contribution in [-0.4, -0.2) is 40.5 Å². The molecule has 1 saturated heterocycles. The van der Waals surface area contributed by atoms with Crippen LogP contribution in [-0.2, 0) is 9.59 Å². The van der Waals surface area contributed by atoms with Crippen molar-refractivity contribution in [3.05, 3.63) is 0 Å². The average Bonchev–Trinajstić information content (AvgIpc) is 2.31. The quantitative estimate of drug-likeness (QED) is 0.647. The lowest BCUT2D eigenvalue weighted by molar-refractivity contribution is -0.141. The molecule has 1 rings (SSSR count). The Hall–Kier alpha value is -1.59. The van der Waals surface area contributed by atoms with E-state index in [0.717, 1.165) is 4.90 Å². The summed E-state index contributed by atoms with van der Waals surface area (Å²) in [5.41, 5.74) is 0. The Morgan fingerprint density at radius 3 is 2.60 bits per heavy atom. The van der Waals surface area contributed by atoms with Gasteiger partial charge in [-0.1, -0.05) is 13.8 Å². The van der Waals surface area contributed by atoms with Gasteiger partial charge in [0.25, 0.3) is 5.91 Å². The Balaban J connectivity index is 2.66. The number of imide groups is 1. The second-order valence-corrected chi connectivity index (χ2v) is 3.95. The first-order valence-corrected chi connectivity index (χ1v) is 4.75. The van der Waals surface area contributed by atoms with Crippen LogP contribution in [0, 0.1) is 5.92 Å². The molecule has 0 bridgehead atoms. The molecule has 1 atom stereocenters. The SMILES string of the molecule is CC(C)C[C@@H]1NC(=O)N(CC(=O)O)C1=O. The number of amides is 3. The van der Waals surface area contributed by atoms with E-state index in [0.29, 0.717) is 6.42 Å². The number of nitrogens with zero attached hydrogens (tertiary/aromatic N) is 1. The van der Waals surface area contributed by atoms with Crippen molar-refractivity contribution in [2.24, 2.45) is 5.92 Å². The summed E-state index contributed by atoms with van der Waals surface area (Å²) >= 11 is 0. The van der Waals surface area contributed by atoms with Gasteiger partial charge in [-0.15, -0.1) is 0 Å². The van der Waals surface area contributed by atoms with E-state index in [-0.39, 0.29) is 5.92 Å². The summed E-state index contributed by atoms with van der Waals surface area (Å²) in [6.45, 7) is 3.29. The zero-order chi connectivity index (χ0) is 11.6. The van der Waals surface area contributed by atoms with Crippen LogP contribution in [0.5, 0.6) is 0 Å². The molecule has 15 heavy (non-hydrogen) atoms. The molecule has 3 amide bonds. The van der Waals surface area contributed by atoms with Crippen LogP contribution in [0.25, 0.3) is 0 Å². The van der Waals surface area contributed by atoms with Crippen molar-refractivity contribution >= 4 is 17.9 Å². The van der Waals surface area contributed by atoms with Gasteiger partial charge in [0.1, 0.15) is 12.6 Å². The number of aliphatic carboxylic acids is 1. The van der Waals surface area contributed by atoms with E-state index in [1.165, 1.54) is 0 Å². The molecule has 0 spiro atoms. The molecule has 6 nitrogen and oxygen atoms in total. The number of urea groups is 1. The van der Waals surface area contributed by atoms with Gasteiger partial charge in [-0.25, -0.2) is 4.79 Å². The highest BCUT2D eigenvalue weighted by molar-refractivity contribution is 6.05. The minimum Gasteiger partial charge on any atom is -0.480 e. The van der Waals surface area contributed by atoms with Crippen molar-refractivity contribution in [1.29, 1.82) is 0 Å². The molecule has 0 aromatic rings. The molecule has 0 unspecified atom stereocenters. The fraction of sp³-hybridized carbons (Fsp3) is 0.667. The monoisotopic (exact) mass is 214 g/mol. The molecule has 1 aliphatic heterocycles. The fourth-order valence-electron chi connectivity index (χ4n) is 1.49. The Morgan fingerprint density at radius 1 is 1.53 bits per heavy atom. The van der Waals surface area contributed by atoms with Crippen molar-refractivity contribution in [3.8, 4) is 0 Å². The second kappa shape index (κ2) is 4.29. The third-order valence-corrected chi connectivity index (χ3v) is 2.11. The molecule has 1 aliphatic rings. The van der Waals surface area contributed by atoms with Crippen LogP contribution in [0.15, 0.2) is 0 Å². The summed E-state index contributed by atoms with van der Waals surface area (Å²) in [5, 5.41) is 11.0. The number of hydrogen-bond acceptors (Lipinski definition) is 3. The maximum Gasteiger partial charge on any atom is 0.325 e. The molecular weight excluding hydrogens is 200 g/mol. The van der Waals surface area contributed by atoms with Gasteiger partial charge < -0.3 is 10.4 Å². The van der Waals surface area contributed by atoms with Crippen molar-refractivity contribution in [2.45, 2.75) is 26.3 Å². The normalized spacial score (nSPS) is 21.0. The maximum atomic E-state index is 11.6. The number of carboxylic acid groups (broad SMARTS) is 1. The molecule has 2 N–H and O–H groups in total. The molecule has 0 aromatic carbocycles. The number of carboxylic acids is 1. The number of carbonyl (C=O) groups is 3. The molecule has 0 aliphatic carbocycles. The van der Waals surface area contributed by atoms with Gasteiger partial charge in [-0.2, -0.15) is 0 Å². The highest BCUT2D eigenvalue weighted by atomic mass is 16.4. The predicted octanol–water partition coefficient (Wildman–Crippen LogP) is 0.0375. The maximum absolute atomic E-state index is 11.6. The van der Waals surface area contributed by atoms with Gasteiger partial charge in [-0.3, -0.25) is 14.5 Å². The summed E-state index contributed by atoms with van der Waals surface area (Å²) in [6, 6.07) is -1.19. The Kier molecular flexibility index (Phi) is 3.28. The van der Waals surface area contributed by atoms with Gasteiger partial charge in [0, 0.05) is 0 Å². The van der Waals surface area contributed by atoms with Gasteiger partial charge >= 0.3 is 12.0 Å². The Labute approximate surface area is 87.2 Å². The van der Waals surface area contributed by atoms with Gasteiger partial charge in [0.15, 0.2) is 0 Å². The zero-order valence-electron chi connectivity index (χ0n) is 8.69. The zero-order valence-corrected chi connectivity index (χ0v) is 8.69. The van der Waals surface area contributed by atoms with E-state index >= 15 is 0 Å². The Bertz CT molecular complexity index is 300. The van der Waals surface area contributed by atoms with Gasteiger partial charge in [-0.05, 0) is 12.3 Å². The first-order valence-electron chi connectivity index (χ1n) is 4.75. The molecule has 0 saturated carbocycles. The van der Waals surface area contributed by atoms with Crippen LogP contribution in [0.1, 0.15) is 20.3 Å². The summed E-state index contributed by atoms with van der Waals surface area (Å²) in [5.74, 6) is -1.37. The van der Waals surface area contributed by atoms with Crippen LogP contribution >= 0.6 is 0 Å². The van der Waals surface area contributed by atoms with Crippen molar-refractivity contribution in [1.82, 2.24) is 10.2 Å². The molecular formula is C9H14N2O4. The van der Waals surface area contributed by atoms with E-state index < -0.39 is 30.5 Å². The number of nitrogens with one attached hydrogen (secondary N) is 1. The lowest BCUT2D eigenvalue weighted by Gasteiger charge is -2.11. The van der Waals surface area contributed by atoms with Gasteiger partial charge in [0.2, 0.25) is 0 Å². The first kappa shape index (κ1) is 11.5. The summed E-state index contributed by atoms with van der Waals surface area (Å²) < 4.78 is 0. The fourth-order valence-corrected chi connectivity index (χ4v) is 1.49. The van der Waals surface area contributed by atoms with Crippen molar-refractivity contribution < 1.29 is 19.5 Å². The van der Waals surface area contributed by atoms with Crippen LogP contribution < -0.4 is 5.32 Å². The summed E-state index contributed by atoms with van der Waals surface area (Å²) in [4.78, 5) is 33.9. The topological polar surface area (TPSA) is 86.7 Å². The van der Waals surface area contributed by atoms with Crippen LogP contribution in [0.3, 0.4) is 0 Å². The van der Waals surface area contributed by atoms with E-state index in [4.69, 9.17) is 5.11 Å². The number of rotatable bonds is 4. The van der Waals surface area contributed by atoms with Crippen molar-refractivity contribution in [2.75, 3.05) is 6.54 Å². The molecule has 1 heterocycles. The molecule has 6 heteroatoms. The number of carbonyl (C=O) groups excluding carboxylic acids is 2. The smallest absolute Gasteiger partial charge is 0.325 e. The minimum atomic E-state index is -1.19. The second-order valence-electron chi connectivity index (χ2n) is 3.95.